The van der Waals surface area contributed by atoms with Crippen molar-refractivity contribution in [3.8, 4) is 0 Å². The van der Waals surface area contributed by atoms with Crippen LogP contribution in [0.4, 0.5) is 0 Å². The van der Waals surface area contributed by atoms with Crippen LogP contribution in [-0.4, -0.2) is 37.1 Å². The van der Waals surface area contributed by atoms with Crippen LogP contribution in [-0.2, 0) is 6.42 Å². The Morgan fingerprint density at radius 1 is 1.05 bits per heavy atom. The Morgan fingerprint density at radius 2 is 1.80 bits per heavy atom. The molecular weight excluding hydrogens is 244 g/mol. The average Bonchev–Trinajstić information content (AvgIpc) is 2.92. The van der Waals surface area contributed by atoms with Crippen molar-refractivity contribution in [3.05, 3.63) is 35.9 Å². The van der Waals surface area contributed by atoms with Gasteiger partial charge in [-0.15, -0.1) is 0 Å². The van der Waals surface area contributed by atoms with Crippen molar-refractivity contribution < 1.29 is 0 Å². The van der Waals surface area contributed by atoms with Gasteiger partial charge < -0.3 is 10.2 Å². The molecule has 1 heterocycles. The standard InChI is InChI=1S/C18H28N2/c1-20-13-16(11-15-7-3-2-4-8-15)12-18(14-20)19-17-9-5-6-10-17/h2-4,7-8,16-19H,5-6,9-14H2,1H3. The maximum absolute atomic E-state index is 3.92. The molecule has 1 aliphatic heterocycles. The first kappa shape index (κ1) is 14.1. The second-order valence-corrected chi connectivity index (χ2v) is 6.86. The minimum absolute atomic E-state index is 0.700. The van der Waals surface area contributed by atoms with E-state index in [1.807, 2.05) is 0 Å². The lowest BCUT2D eigenvalue weighted by molar-refractivity contribution is 0.161. The Morgan fingerprint density at radius 3 is 2.55 bits per heavy atom. The van der Waals surface area contributed by atoms with Crippen LogP contribution >= 0.6 is 0 Å². The highest BCUT2D eigenvalue weighted by Gasteiger charge is 2.27. The lowest BCUT2D eigenvalue weighted by Gasteiger charge is -2.37. The van der Waals surface area contributed by atoms with E-state index >= 15 is 0 Å². The van der Waals surface area contributed by atoms with Gasteiger partial charge in [-0.1, -0.05) is 43.2 Å². The SMILES string of the molecule is CN1CC(Cc2ccccc2)CC(NC2CCCC2)C1. The van der Waals surface area contributed by atoms with Crippen molar-refractivity contribution in [2.75, 3.05) is 20.1 Å². The molecule has 1 aromatic rings. The number of hydrogen-bond acceptors (Lipinski definition) is 2. The van der Waals surface area contributed by atoms with Crippen LogP contribution in [0.5, 0.6) is 0 Å². The lowest BCUT2D eigenvalue weighted by Crippen LogP contribution is -2.50. The van der Waals surface area contributed by atoms with Crippen molar-refractivity contribution in [2.24, 2.45) is 5.92 Å². The molecule has 0 spiro atoms. The Bertz CT molecular complexity index is 397. The van der Waals surface area contributed by atoms with Crippen LogP contribution in [0, 0.1) is 5.92 Å². The van der Waals surface area contributed by atoms with E-state index < -0.39 is 0 Å². The molecule has 2 nitrogen and oxygen atoms in total. The second-order valence-electron chi connectivity index (χ2n) is 6.86. The molecule has 20 heavy (non-hydrogen) atoms. The first-order valence-electron chi connectivity index (χ1n) is 8.28. The smallest absolute Gasteiger partial charge is 0.0200 e. The summed E-state index contributed by atoms with van der Waals surface area (Å²) in [5.41, 5.74) is 1.49. The number of nitrogens with zero attached hydrogens (tertiary/aromatic N) is 1. The first-order valence-corrected chi connectivity index (χ1v) is 8.28. The zero-order chi connectivity index (χ0) is 13.8. The summed E-state index contributed by atoms with van der Waals surface area (Å²) in [5, 5.41) is 3.92. The molecule has 1 saturated heterocycles. The molecule has 1 aromatic carbocycles. The summed E-state index contributed by atoms with van der Waals surface area (Å²) in [4.78, 5) is 2.52. The van der Waals surface area contributed by atoms with Crippen LogP contribution in [0.3, 0.4) is 0 Å². The minimum atomic E-state index is 0.700. The predicted molar refractivity (Wildman–Crippen MR) is 84.9 cm³/mol. The Kier molecular flexibility index (Phi) is 4.74. The summed E-state index contributed by atoms with van der Waals surface area (Å²) < 4.78 is 0. The third kappa shape index (κ3) is 3.83. The highest BCUT2D eigenvalue weighted by atomic mass is 15.1. The van der Waals surface area contributed by atoms with Crippen molar-refractivity contribution >= 4 is 0 Å². The molecule has 1 N–H and O–H groups in total. The second kappa shape index (κ2) is 6.73. The highest BCUT2D eigenvalue weighted by molar-refractivity contribution is 5.15. The van der Waals surface area contributed by atoms with Crippen LogP contribution in [0.2, 0.25) is 0 Å². The minimum Gasteiger partial charge on any atom is -0.310 e. The number of hydrogen-bond donors (Lipinski definition) is 1. The van der Waals surface area contributed by atoms with Crippen molar-refractivity contribution in [2.45, 2.75) is 50.6 Å². The molecular formula is C18H28N2. The van der Waals surface area contributed by atoms with E-state index in [4.69, 9.17) is 0 Å². The number of benzene rings is 1. The number of likely N-dealkylation sites (tertiary alicyclic amines) is 1. The highest BCUT2D eigenvalue weighted by Crippen LogP contribution is 2.23. The predicted octanol–water partition coefficient (Wildman–Crippen LogP) is 3.08. The van der Waals surface area contributed by atoms with E-state index in [-0.39, 0.29) is 0 Å². The molecule has 3 rings (SSSR count). The van der Waals surface area contributed by atoms with E-state index in [2.05, 4.69) is 47.6 Å². The van der Waals surface area contributed by atoms with Gasteiger partial charge in [0.1, 0.15) is 0 Å². The quantitative estimate of drug-likeness (QED) is 0.906. The van der Waals surface area contributed by atoms with Crippen molar-refractivity contribution in [3.63, 3.8) is 0 Å². The number of rotatable bonds is 4. The van der Waals surface area contributed by atoms with Gasteiger partial charge in [0.2, 0.25) is 0 Å². The Hall–Kier alpha value is -0.860. The van der Waals surface area contributed by atoms with Gasteiger partial charge in [-0.05, 0) is 44.2 Å². The summed E-state index contributed by atoms with van der Waals surface area (Å²) in [6, 6.07) is 12.5. The largest absolute Gasteiger partial charge is 0.310 e. The molecule has 2 atom stereocenters. The van der Waals surface area contributed by atoms with Crippen molar-refractivity contribution in [1.82, 2.24) is 10.2 Å². The fraction of sp³-hybridized carbons (Fsp3) is 0.667. The van der Waals surface area contributed by atoms with Crippen LogP contribution < -0.4 is 5.32 Å². The van der Waals surface area contributed by atoms with Gasteiger partial charge in [0, 0.05) is 25.2 Å². The van der Waals surface area contributed by atoms with Crippen LogP contribution in [0.1, 0.15) is 37.7 Å². The monoisotopic (exact) mass is 272 g/mol. The third-order valence-corrected chi connectivity index (χ3v) is 4.91. The fourth-order valence-corrected chi connectivity index (χ4v) is 4.08. The lowest BCUT2D eigenvalue weighted by atomic mass is 9.88. The van der Waals surface area contributed by atoms with Gasteiger partial charge in [-0.25, -0.2) is 0 Å². The molecule has 1 saturated carbocycles. The zero-order valence-corrected chi connectivity index (χ0v) is 12.7. The number of likely N-dealkylation sites (N-methyl/N-ethyl adjacent to an activating group) is 1. The summed E-state index contributed by atoms with van der Waals surface area (Å²) in [6.07, 6.45) is 8.21. The first-order chi connectivity index (χ1) is 9.79. The van der Waals surface area contributed by atoms with Gasteiger partial charge in [0.05, 0.1) is 0 Å². The maximum Gasteiger partial charge on any atom is 0.0200 e. The van der Waals surface area contributed by atoms with Gasteiger partial charge in [-0.2, -0.15) is 0 Å². The maximum atomic E-state index is 3.92. The molecule has 0 amide bonds. The molecule has 2 unspecified atom stereocenters. The molecule has 2 heteroatoms. The Labute approximate surface area is 123 Å². The topological polar surface area (TPSA) is 15.3 Å². The zero-order valence-electron chi connectivity index (χ0n) is 12.7. The van der Waals surface area contributed by atoms with Crippen LogP contribution in [0.15, 0.2) is 30.3 Å². The number of nitrogens with one attached hydrogen (secondary N) is 1. The van der Waals surface area contributed by atoms with E-state index in [1.165, 1.54) is 57.2 Å². The van der Waals surface area contributed by atoms with Gasteiger partial charge in [-0.3, -0.25) is 0 Å². The Balaban J connectivity index is 1.55. The van der Waals surface area contributed by atoms with Crippen molar-refractivity contribution in [1.29, 1.82) is 0 Å². The van der Waals surface area contributed by atoms with Crippen LogP contribution in [0.25, 0.3) is 0 Å². The molecule has 0 bridgehead atoms. The summed E-state index contributed by atoms with van der Waals surface area (Å²) >= 11 is 0. The normalized spacial score (nSPS) is 28.9. The summed E-state index contributed by atoms with van der Waals surface area (Å²) in [5.74, 6) is 0.801. The van der Waals surface area contributed by atoms with E-state index in [0.29, 0.717) is 6.04 Å². The third-order valence-electron chi connectivity index (χ3n) is 4.91. The molecule has 110 valence electrons. The van der Waals surface area contributed by atoms with Gasteiger partial charge >= 0.3 is 0 Å². The summed E-state index contributed by atoms with van der Waals surface area (Å²) in [6.45, 7) is 2.47. The van der Waals surface area contributed by atoms with E-state index in [9.17, 15) is 0 Å². The van der Waals surface area contributed by atoms with Gasteiger partial charge in [0.25, 0.3) is 0 Å². The fourth-order valence-electron chi connectivity index (χ4n) is 4.08. The van der Waals surface area contributed by atoms with Gasteiger partial charge in [0.15, 0.2) is 0 Å². The average molecular weight is 272 g/mol. The molecule has 0 aromatic heterocycles. The summed E-state index contributed by atoms with van der Waals surface area (Å²) in [7, 11) is 2.28. The van der Waals surface area contributed by atoms with E-state index in [1.54, 1.807) is 0 Å². The molecule has 1 aliphatic carbocycles. The van der Waals surface area contributed by atoms with E-state index in [0.717, 1.165) is 12.0 Å². The molecule has 0 radical (unpaired) electrons. The molecule has 2 fully saturated rings. The number of piperidine rings is 1. The molecule has 2 aliphatic rings.